The van der Waals surface area contributed by atoms with E-state index in [9.17, 15) is 9.59 Å². The molecule has 128 valence electrons. The maximum Gasteiger partial charge on any atom is 0.257 e. The van der Waals surface area contributed by atoms with Gasteiger partial charge in [-0.25, -0.2) is 0 Å². The molecule has 2 aromatic carbocycles. The number of amides is 2. The van der Waals surface area contributed by atoms with E-state index in [1.807, 2.05) is 30.3 Å². The van der Waals surface area contributed by atoms with Gasteiger partial charge in [0, 0.05) is 34.3 Å². The largest absolute Gasteiger partial charge is 0.464 e. The molecule has 1 aliphatic rings. The fraction of sp³-hybridized carbons (Fsp3) is 0. The molecule has 2 amide bonds. The summed E-state index contributed by atoms with van der Waals surface area (Å²) in [7, 11) is 0. The van der Waals surface area contributed by atoms with Gasteiger partial charge >= 0.3 is 0 Å². The van der Waals surface area contributed by atoms with Gasteiger partial charge in [0.2, 0.25) is 5.91 Å². The second kappa shape index (κ2) is 6.25. The number of hydrogen-bond donors (Lipinski definition) is 3. The van der Waals surface area contributed by atoms with E-state index in [0.717, 1.165) is 22.6 Å². The first kappa shape index (κ1) is 15.7. The van der Waals surface area contributed by atoms with Gasteiger partial charge in [-0.15, -0.1) is 0 Å². The topological polar surface area (TPSA) is 97.4 Å². The second-order valence-corrected chi connectivity index (χ2v) is 5.84. The zero-order chi connectivity index (χ0) is 18.1. The third kappa shape index (κ3) is 2.84. The van der Waals surface area contributed by atoms with Gasteiger partial charge in [0.15, 0.2) is 0 Å². The zero-order valence-corrected chi connectivity index (χ0v) is 13.7. The first-order valence-corrected chi connectivity index (χ1v) is 7.98. The molecule has 1 aromatic heterocycles. The lowest BCUT2D eigenvalue weighted by molar-refractivity contribution is -0.110. The van der Waals surface area contributed by atoms with Crippen LogP contribution in [0.15, 0.2) is 71.5 Å². The molecule has 0 atom stereocenters. The lowest BCUT2D eigenvalue weighted by atomic mass is 10.0. The van der Waals surface area contributed by atoms with E-state index in [1.165, 1.54) is 0 Å². The molecule has 3 aromatic rings. The molecule has 1 aliphatic heterocycles. The number of fused-ring (bicyclic) bond motifs is 1. The van der Waals surface area contributed by atoms with Crippen LogP contribution in [0, 0.1) is 0 Å². The molecule has 0 bridgehead atoms. The molecule has 0 unspecified atom stereocenters. The highest BCUT2D eigenvalue weighted by Crippen LogP contribution is 2.35. The van der Waals surface area contributed by atoms with Crippen molar-refractivity contribution < 1.29 is 14.0 Å². The van der Waals surface area contributed by atoms with Gasteiger partial charge in [-0.05, 0) is 36.4 Å². The standard InChI is InChI=1S/C20H15N3O3/c21-19(24)13-3-1-4-14(9-13)22-11-16-15-7-6-12(18-5-2-8-26-18)10-17(15)23-20(16)25/h1-11,22H,(H2,21,24)(H,23,25). The van der Waals surface area contributed by atoms with Crippen LogP contribution in [-0.2, 0) is 4.79 Å². The molecule has 0 aliphatic carbocycles. The normalized spacial score (nSPS) is 14.2. The molecule has 0 fully saturated rings. The Morgan fingerprint density at radius 2 is 2.00 bits per heavy atom. The number of rotatable bonds is 4. The smallest absolute Gasteiger partial charge is 0.257 e. The summed E-state index contributed by atoms with van der Waals surface area (Å²) in [6.07, 6.45) is 3.23. The molecule has 0 spiro atoms. The lowest BCUT2D eigenvalue weighted by Crippen LogP contribution is -2.11. The van der Waals surface area contributed by atoms with Gasteiger partial charge in [0.05, 0.1) is 11.8 Å². The third-order valence-corrected chi connectivity index (χ3v) is 4.14. The van der Waals surface area contributed by atoms with Crippen LogP contribution in [0.4, 0.5) is 11.4 Å². The maximum absolute atomic E-state index is 12.3. The summed E-state index contributed by atoms with van der Waals surface area (Å²) in [6.45, 7) is 0. The number of nitrogens with one attached hydrogen (secondary N) is 2. The van der Waals surface area contributed by atoms with Gasteiger partial charge in [-0.1, -0.05) is 18.2 Å². The summed E-state index contributed by atoms with van der Waals surface area (Å²) in [5.41, 5.74) is 9.27. The number of benzene rings is 2. The minimum atomic E-state index is -0.504. The van der Waals surface area contributed by atoms with E-state index in [1.54, 1.807) is 36.7 Å². The first-order valence-electron chi connectivity index (χ1n) is 7.98. The SMILES string of the molecule is NC(=O)c1cccc(NC=C2C(=O)Nc3cc(-c4ccco4)ccc32)c1. The number of furan rings is 1. The molecule has 2 heterocycles. The number of anilines is 2. The summed E-state index contributed by atoms with van der Waals surface area (Å²) in [4.78, 5) is 23.6. The Labute approximate surface area is 149 Å². The summed E-state index contributed by atoms with van der Waals surface area (Å²) >= 11 is 0. The predicted octanol–water partition coefficient (Wildman–Crippen LogP) is 3.45. The highest BCUT2D eigenvalue weighted by Gasteiger charge is 2.24. The van der Waals surface area contributed by atoms with Gasteiger partial charge < -0.3 is 20.8 Å². The van der Waals surface area contributed by atoms with Crippen LogP contribution in [-0.4, -0.2) is 11.8 Å². The van der Waals surface area contributed by atoms with Gasteiger partial charge in [0.25, 0.3) is 5.91 Å². The lowest BCUT2D eigenvalue weighted by Gasteiger charge is -2.04. The fourth-order valence-corrected chi connectivity index (χ4v) is 2.85. The number of nitrogens with two attached hydrogens (primary N) is 1. The highest BCUT2D eigenvalue weighted by atomic mass is 16.3. The van der Waals surface area contributed by atoms with Crippen molar-refractivity contribution in [2.24, 2.45) is 5.73 Å². The minimum absolute atomic E-state index is 0.199. The van der Waals surface area contributed by atoms with Crippen LogP contribution in [0.5, 0.6) is 0 Å². The van der Waals surface area contributed by atoms with Crippen molar-refractivity contribution in [1.29, 1.82) is 0 Å². The average Bonchev–Trinajstić information content (AvgIpc) is 3.27. The molecule has 6 nitrogen and oxygen atoms in total. The fourth-order valence-electron chi connectivity index (χ4n) is 2.85. The van der Waals surface area contributed by atoms with E-state index < -0.39 is 5.91 Å². The van der Waals surface area contributed by atoms with Crippen LogP contribution < -0.4 is 16.4 Å². The van der Waals surface area contributed by atoms with Crippen molar-refractivity contribution in [1.82, 2.24) is 0 Å². The summed E-state index contributed by atoms with van der Waals surface area (Å²) < 4.78 is 5.39. The van der Waals surface area contributed by atoms with E-state index >= 15 is 0 Å². The van der Waals surface area contributed by atoms with Crippen LogP contribution in [0.3, 0.4) is 0 Å². The van der Waals surface area contributed by atoms with E-state index in [4.69, 9.17) is 10.2 Å². The first-order chi connectivity index (χ1) is 12.6. The molecular formula is C20H15N3O3. The third-order valence-electron chi connectivity index (χ3n) is 4.14. The number of carbonyl (C=O) groups is 2. The monoisotopic (exact) mass is 345 g/mol. The Bertz CT molecular complexity index is 1040. The summed E-state index contributed by atoms with van der Waals surface area (Å²) in [5.74, 6) is 0.0340. The van der Waals surface area contributed by atoms with E-state index in [-0.39, 0.29) is 5.91 Å². The Morgan fingerprint density at radius 3 is 2.77 bits per heavy atom. The van der Waals surface area contributed by atoms with Crippen molar-refractivity contribution in [3.63, 3.8) is 0 Å². The molecule has 0 saturated heterocycles. The van der Waals surface area contributed by atoms with Gasteiger partial charge in [0.1, 0.15) is 5.76 Å². The van der Waals surface area contributed by atoms with Crippen molar-refractivity contribution >= 4 is 28.8 Å². The molecule has 4 rings (SSSR count). The number of hydrogen-bond acceptors (Lipinski definition) is 4. The molecule has 0 radical (unpaired) electrons. The van der Waals surface area contributed by atoms with Crippen LogP contribution in [0.25, 0.3) is 16.9 Å². The van der Waals surface area contributed by atoms with Crippen molar-refractivity contribution in [2.75, 3.05) is 10.6 Å². The molecule has 6 heteroatoms. The Balaban J connectivity index is 1.63. The molecule has 26 heavy (non-hydrogen) atoms. The predicted molar refractivity (Wildman–Crippen MR) is 99.3 cm³/mol. The molecule has 4 N–H and O–H groups in total. The van der Waals surface area contributed by atoms with E-state index in [2.05, 4.69) is 10.6 Å². The Morgan fingerprint density at radius 1 is 1.12 bits per heavy atom. The van der Waals surface area contributed by atoms with Crippen LogP contribution in [0.1, 0.15) is 15.9 Å². The second-order valence-electron chi connectivity index (χ2n) is 5.84. The van der Waals surface area contributed by atoms with Crippen LogP contribution in [0.2, 0.25) is 0 Å². The van der Waals surface area contributed by atoms with Crippen molar-refractivity contribution in [3.8, 4) is 11.3 Å². The average molecular weight is 345 g/mol. The van der Waals surface area contributed by atoms with Gasteiger partial charge in [-0.2, -0.15) is 0 Å². The number of primary amides is 1. The molecular weight excluding hydrogens is 330 g/mol. The maximum atomic E-state index is 12.3. The summed E-state index contributed by atoms with van der Waals surface area (Å²) in [6, 6.07) is 16.1. The zero-order valence-electron chi connectivity index (χ0n) is 13.7. The number of carbonyl (C=O) groups excluding carboxylic acids is 2. The van der Waals surface area contributed by atoms with Gasteiger partial charge in [-0.3, -0.25) is 9.59 Å². The Hall–Kier alpha value is -3.80. The van der Waals surface area contributed by atoms with E-state index in [0.29, 0.717) is 16.8 Å². The highest BCUT2D eigenvalue weighted by molar-refractivity contribution is 6.31. The van der Waals surface area contributed by atoms with Crippen molar-refractivity contribution in [2.45, 2.75) is 0 Å². The minimum Gasteiger partial charge on any atom is -0.464 e. The Kier molecular flexibility index (Phi) is 3.78. The van der Waals surface area contributed by atoms with Crippen molar-refractivity contribution in [3.05, 3.63) is 78.2 Å². The van der Waals surface area contributed by atoms with Crippen LogP contribution >= 0.6 is 0 Å². The molecule has 0 saturated carbocycles. The summed E-state index contributed by atoms with van der Waals surface area (Å²) in [5, 5.41) is 5.90. The quantitative estimate of drug-likeness (QED) is 0.631.